The summed E-state index contributed by atoms with van der Waals surface area (Å²) in [5, 5.41) is 12.2. The first-order valence-corrected chi connectivity index (χ1v) is 7.17. The summed E-state index contributed by atoms with van der Waals surface area (Å²) >= 11 is 0. The Morgan fingerprint density at radius 2 is 2.09 bits per heavy atom. The van der Waals surface area contributed by atoms with Crippen LogP contribution in [0.4, 0.5) is 16.3 Å². The molecular weight excluding hydrogens is 298 g/mol. The highest BCUT2D eigenvalue weighted by molar-refractivity contribution is 6.00. The van der Waals surface area contributed by atoms with Gasteiger partial charge in [-0.25, -0.2) is 9.59 Å². The van der Waals surface area contributed by atoms with Crippen molar-refractivity contribution >= 4 is 28.6 Å². The largest absolute Gasteiger partial charge is 0.419 e. The molecular formula is C15H17N5O3. The van der Waals surface area contributed by atoms with E-state index in [4.69, 9.17) is 4.42 Å². The molecule has 3 aromatic rings. The molecule has 120 valence electrons. The minimum atomic E-state index is -0.445. The van der Waals surface area contributed by atoms with Gasteiger partial charge in [-0.1, -0.05) is 13.8 Å². The number of aromatic nitrogens is 3. The van der Waals surface area contributed by atoms with Crippen molar-refractivity contribution < 1.29 is 9.21 Å². The Morgan fingerprint density at radius 1 is 1.30 bits per heavy atom. The minimum absolute atomic E-state index is 0.296. The highest BCUT2D eigenvalue weighted by atomic mass is 16.4. The highest BCUT2D eigenvalue weighted by Crippen LogP contribution is 2.18. The summed E-state index contributed by atoms with van der Waals surface area (Å²) in [4.78, 5) is 23.5. The summed E-state index contributed by atoms with van der Waals surface area (Å²) in [5.74, 6) is 0.294. The smallest absolute Gasteiger partial charge is 0.408 e. The Hall–Kier alpha value is -3.03. The van der Waals surface area contributed by atoms with E-state index in [-0.39, 0.29) is 0 Å². The van der Waals surface area contributed by atoms with E-state index in [2.05, 4.69) is 20.8 Å². The number of nitrogens with one attached hydrogen (secondary N) is 3. The molecule has 3 rings (SSSR count). The van der Waals surface area contributed by atoms with Crippen LogP contribution < -0.4 is 16.4 Å². The number of carbonyl (C=O) groups excluding carboxylic acids is 1. The monoisotopic (exact) mass is 315 g/mol. The number of anilines is 2. The SMILES string of the molecule is CC(C)c1cc(NC(=O)Nc2ccc3c(c2)oc(=O)n3C)n[nH]1. The van der Waals surface area contributed by atoms with Crippen LogP contribution in [0.25, 0.3) is 11.1 Å². The highest BCUT2D eigenvalue weighted by Gasteiger charge is 2.10. The second-order valence-corrected chi connectivity index (χ2v) is 5.55. The van der Waals surface area contributed by atoms with Crippen LogP contribution in [0.5, 0.6) is 0 Å². The Kier molecular flexibility index (Phi) is 3.65. The van der Waals surface area contributed by atoms with E-state index in [0.717, 1.165) is 5.69 Å². The van der Waals surface area contributed by atoms with Crippen LogP contribution in [0.15, 0.2) is 33.5 Å². The fourth-order valence-electron chi connectivity index (χ4n) is 2.19. The average Bonchev–Trinajstić information content (AvgIpc) is 3.05. The third-order valence-corrected chi connectivity index (χ3v) is 3.51. The van der Waals surface area contributed by atoms with Crippen molar-refractivity contribution in [2.24, 2.45) is 7.05 Å². The zero-order valence-electron chi connectivity index (χ0n) is 13.0. The third kappa shape index (κ3) is 2.96. The van der Waals surface area contributed by atoms with Crippen molar-refractivity contribution in [2.75, 3.05) is 10.6 Å². The van der Waals surface area contributed by atoms with Crippen molar-refractivity contribution in [2.45, 2.75) is 19.8 Å². The van der Waals surface area contributed by atoms with Crippen LogP contribution in [0.1, 0.15) is 25.5 Å². The second-order valence-electron chi connectivity index (χ2n) is 5.55. The summed E-state index contributed by atoms with van der Waals surface area (Å²) in [6.07, 6.45) is 0. The van der Waals surface area contributed by atoms with Gasteiger partial charge in [-0.05, 0) is 18.1 Å². The van der Waals surface area contributed by atoms with E-state index in [1.165, 1.54) is 4.57 Å². The maximum atomic E-state index is 12.0. The Bertz CT molecular complexity index is 919. The van der Waals surface area contributed by atoms with Gasteiger partial charge in [-0.15, -0.1) is 0 Å². The molecule has 2 heterocycles. The number of carbonyl (C=O) groups is 1. The first-order chi connectivity index (χ1) is 10.9. The summed E-state index contributed by atoms with van der Waals surface area (Å²) < 4.78 is 6.49. The molecule has 23 heavy (non-hydrogen) atoms. The number of aromatic amines is 1. The molecule has 0 atom stereocenters. The van der Waals surface area contributed by atoms with Crippen LogP contribution in [0, 0.1) is 0 Å². The van der Waals surface area contributed by atoms with Crippen molar-refractivity contribution in [1.82, 2.24) is 14.8 Å². The lowest BCUT2D eigenvalue weighted by Crippen LogP contribution is -2.19. The summed E-state index contributed by atoms with van der Waals surface area (Å²) in [7, 11) is 1.62. The lowest BCUT2D eigenvalue weighted by molar-refractivity contribution is 0.262. The van der Waals surface area contributed by atoms with Gasteiger partial charge in [-0.2, -0.15) is 5.10 Å². The molecule has 1 aromatic carbocycles. The lowest BCUT2D eigenvalue weighted by Gasteiger charge is -2.05. The van der Waals surface area contributed by atoms with Crippen LogP contribution in [-0.2, 0) is 7.05 Å². The van der Waals surface area contributed by atoms with E-state index in [9.17, 15) is 9.59 Å². The van der Waals surface area contributed by atoms with Crippen LogP contribution in [0.2, 0.25) is 0 Å². The summed E-state index contributed by atoms with van der Waals surface area (Å²) in [5.41, 5.74) is 2.53. The van der Waals surface area contributed by atoms with Crippen molar-refractivity contribution in [3.8, 4) is 0 Å². The number of H-pyrrole nitrogens is 1. The predicted molar refractivity (Wildman–Crippen MR) is 86.8 cm³/mol. The van der Waals surface area contributed by atoms with Gasteiger partial charge in [-0.3, -0.25) is 15.0 Å². The number of hydrogen-bond acceptors (Lipinski definition) is 4. The number of fused-ring (bicyclic) bond motifs is 1. The predicted octanol–water partition coefficient (Wildman–Crippen LogP) is 2.62. The molecule has 0 spiro atoms. The number of urea groups is 1. The molecule has 0 aliphatic heterocycles. The standard InChI is InChI=1S/C15H17N5O3/c1-8(2)10-7-13(19-18-10)17-14(21)16-9-4-5-11-12(6-9)23-15(22)20(11)3/h4-8H,1-3H3,(H3,16,17,18,19,21). The zero-order chi connectivity index (χ0) is 16.6. The van der Waals surface area contributed by atoms with Crippen molar-refractivity contribution in [3.63, 3.8) is 0 Å². The van der Waals surface area contributed by atoms with Crippen molar-refractivity contribution in [3.05, 3.63) is 40.5 Å². The van der Waals surface area contributed by atoms with Gasteiger partial charge in [0.05, 0.1) is 5.52 Å². The maximum Gasteiger partial charge on any atom is 0.419 e. The number of amides is 2. The number of rotatable bonds is 3. The topological polar surface area (TPSA) is 105 Å². The van der Waals surface area contributed by atoms with Crippen LogP contribution >= 0.6 is 0 Å². The van der Waals surface area contributed by atoms with Gasteiger partial charge in [0.15, 0.2) is 11.4 Å². The quantitative estimate of drug-likeness (QED) is 0.691. The molecule has 0 aliphatic rings. The first-order valence-electron chi connectivity index (χ1n) is 7.17. The maximum absolute atomic E-state index is 12.0. The Balaban J connectivity index is 1.73. The van der Waals surface area contributed by atoms with E-state index < -0.39 is 11.8 Å². The average molecular weight is 315 g/mol. The van der Waals surface area contributed by atoms with Gasteiger partial charge in [0.25, 0.3) is 0 Å². The third-order valence-electron chi connectivity index (χ3n) is 3.51. The summed E-state index contributed by atoms with van der Waals surface area (Å²) in [6, 6.07) is 6.36. The van der Waals surface area contributed by atoms with Gasteiger partial charge < -0.3 is 9.73 Å². The molecule has 0 unspecified atom stereocenters. The minimum Gasteiger partial charge on any atom is -0.408 e. The first kappa shape index (κ1) is 14.9. The molecule has 0 aliphatic carbocycles. The van der Waals surface area contributed by atoms with E-state index in [1.807, 2.05) is 13.8 Å². The van der Waals surface area contributed by atoms with Crippen LogP contribution in [0.3, 0.4) is 0 Å². The molecule has 0 bridgehead atoms. The zero-order valence-corrected chi connectivity index (χ0v) is 13.0. The number of oxazole rings is 1. The lowest BCUT2D eigenvalue weighted by atomic mass is 10.1. The number of benzene rings is 1. The Labute approximate surface area is 131 Å². The van der Waals surface area contributed by atoms with Gasteiger partial charge in [0.1, 0.15) is 0 Å². The second kappa shape index (κ2) is 5.64. The van der Waals surface area contributed by atoms with E-state index in [1.54, 1.807) is 31.3 Å². The normalized spacial score (nSPS) is 11.1. The molecule has 0 saturated heterocycles. The fraction of sp³-hybridized carbons (Fsp3) is 0.267. The molecule has 8 heteroatoms. The molecule has 0 radical (unpaired) electrons. The summed E-state index contributed by atoms with van der Waals surface area (Å²) in [6.45, 7) is 4.06. The van der Waals surface area contributed by atoms with Crippen molar-refractivity contribution in [1.29, 1.82) is 0 Å². The molecule has 8 nitrogen and oxygen atoms in total. The molecule has 3 N–H and O–H groups in total. The van der Waals surface area contributed by atoms with Gasteiger partial charge >= 0.3 is 11.8 Å². The Morgan fingerprint density at radius 3 is 2.78 bits per heavy atom. The molecule has 2 amide bonds. The molecule has 0 fully saturated rings. The van der Waals surface area contributed by atoms with Gasteiger partial charge in [0.2, 0.25) is 0 Å². The molecule has 0 saturated carbocycles. The van der Waals surface area contributed by atoms with Gasteiger partial charge in [0, 0.05) is 30.6 Å². The number of hydrogen-bond donors (Lipinski definition) is 3. The fourth-order valence-corrected chi connectivity index (χ4v) is 2.19. The van der Waals surface area contributed by atoms with Crippen LogP contribution in [-0.4, -0.2) is 20.8 Å². The number of aryl methyl sites for hydroxylation is 1. The van der Waals surface area contributed by atoms with E-state index in [0.29, 0.717) is 28.5 Å². The van der Waals surface area contributed by atoms with E-state index >= 15 is 0 Å². The molecule has 2 aromatic heterocycles. The number of nitrogens with zero attached hydrogens (tertiary/aromatic N) is 2.